The third kappa shape index (κ3) is 0.653. The number of pyridine rings is 1. The summed E-state index contributed by atoms with van der Waals surface area (Å²) in [7, 11) is 0. The van der Waals surface area contributed by atoms with E-state index in [-0.39, 0.29) is 0 Å². The fourth-order valence-corrected chi connectivity index (χ4v) is 0.943. The first kappa shape index (κ1) is 4.74. The van der Waals surface area contributed by atoms with E-state index in [1.807, 2.05) is 6.08 Å². The molecule has 0 radical (unpaired) electrons. The maximum absolute atomic E-state index is 4.27. The van der Waals surface area contributed by atoms with Gasteiger partial charge in [-0.1, -0.05) is 6.08 Å². The highest BCUT2D eigenvalue weighted by atomic mass is 14.8. The summed E-state index contributed by atoms with van der Waals surface area (Å²) >= 11 is 0. The second-order valence-corrected chi connectivity index (χ2v) is 2.23. The largest absolute Gasteiger partial charge is 0.252 e. The molecule has 1 heterocycles. The minimum atomic E-state index is 0.904. The third-order valence-corrected chi connectivity index (χ3v) is 1.44. The Balaban J connectivity index is 2.27. The standard InChI is InChI=1S/C8H7N/c1-2-3-7-4-6-5-8(6)9-7/h2,4-5H,1,3H2. The van der Waals surface area contributed by atoms with Crippen LogP contribution in [0.2, 0.25) is 0 Å². The van der Waals surface area contributed by atoms with Crippen molar-refractivity contribution in [3.8, 4) is 11.3 Å². The zero-order chi connectivity index (χ0) is 6.27. The van der Waals surface area contributed by atoms with E-state index in [9.17, 15) is 0 Å². The zero-order valence-electron chi connectivity index (χ0n) is 5.09. The summed E-state index contributed by atoms with van der Waals surface area (Å²) in [4.78, 5) is 4.27. The number of rotatable bonds is 2. The molecule has 2 rings (SSSR count). The molecule has 1 aliphatic carbocycles. The normalized spacial score (nSPS) is 11.1. The lowest BCUT2D eigenvalue weighted by Gasteiger charge is -1.82. The molecule has 0 fully saturated rings. The highest BCUT2D eigenvalue weighted by Gasteiger charge is 2.14. The average Bonchev–Trinajstić information content (AvgIpc) is 2.42. The van der Waals surface area contributed by atoms with Crippen molar-refractivity contribution in [1.82, 2.24) is 4.98 Å². The minimum absolute atomic E-state index is 0.904. The molecular formula is C8H7N. The first-order chi connectivity index (χ1) is 4.40. The Labute approximate surface area is 54.1 Å². The molecule has 0 aromatic heterocycles. The van der Waals surface area contributed by atoms with Gasteiger partial charge in [-0.25, -0.2) is 0 Å². The van der Waals surface area contributed by atoms with E-state index >= 15 is 0 Å². The summed E-state index contributed by atoms with van der Waals surface area (Å²) in [6.45, 7) is 3.63. The molecule has 0 spiro atoms. The highest BCUT2D eigenvalue weighted by Crippen LogP contribution is 2.32. The Kier molecular flexibility index (Phi) is 0.758. The fourth-order valence-electron chi connectivity index (χ4n) is 0.943. The van der Waals surface area contributed by atoms with Crippen molar-refractivity contribution in [1.29, 1.82) is 0 Å². The number of hydrogen-bond donors (Lipinski definition) is 0. The summed E-state index contributed by atoms with van der Waals surface area (Å²) in [6, 6.07) is 4.18. The lowest BCUT2D eigenvalue weighted by molar-refractivity contribution is 1.16. The molecule has 44 valence electrons. The van der Waals surface area contributed by atoms with Crippen LogP contribution in [0.5, 0.6) is 0 Å². The van der Waals surface area contributed by atoms with Crippen LogP contribution in [-0.4, -0.2) is 4.98 Å². The molecule has 0 unspecified atom stereocenters. The molecule has 2 aliphatic rings. The van der Waals surface area contributed by atoms with E-state index in [0.29, 0.717) is 0 Å². The van der Waals surface area contributed by atoms with Gasteiger partial charge in [0.2, 0.25) is 0 Å². The van der Waals surface area contributed by atoms with E-state index < -0.39 is 0 Å². The molecule has 0 aromatic carbocycles. The Hall–Kier alpha value is -1.11. The molecule has 0 atom stereocenters. The number of nitrogens with zero attached hydrogens (tertiary/aromatic N) is 1. The molecule has 0 bridgehead atoms. The van der Waals surface area contributed by atoms with Gasteiger partial charge in [-0.15, -0.1) is 6.58 Å². The number of aromatic nitrogens is 1. The van der Waals surface area contributed by atoms with Crippen molar-refractivity contribution in [2.75, 3.05) is 0 Å². The molecule has 0 amide bonds. The van der Waals surface area contributed by atoms with Crippen molar-refractivity contribution in [2.24, 2.45) is 0 Å². The number of fused-ring (bicyclic) bond motifs is 1. The van der Waals surface area contributed by atoms with Crippen molar-refractivity contribution in [3.05, 3.63) is 30.5 Å². The van der Waals surface area contributed by atoms with Crippen LogP contribution in [0.15, 0.2) is 24.8 Å². The Bertz CT molecular complexity index is 243. The van der Waals surface area contributed by atoms with Crippen LogP contribution in [0.4, 0.5) is 0 Å². The zero-order valence-corrected chi connectivity index (χ0v) is 5.09. The SMILES string of the molecule is C=CCc1cc2cc-2n1. The van der Waals surface area contributed by atoms with Crippen LogP contribution in [0.25, 0.3) is 11.3 Å². The van der Waals surface area contributed by atoms with Gasteiger partial charge in [-0.2, -0.15) is 0 Å². The Morgan fingerprint density at radius 2 is 2.44 bits per heavy atom. The molecule has 0 saturated heterocycles. The lowest BCUT2D eigenvalue weighted by Crippen LogP contribution is -1.76. The summed E-state index contributed by atoms with van der Waals surface area (Å²) < 4.78 is 0. The Morgan fingerprint density at radius 1 is 1.56 bits per heavy atom. The van der Waals surface area contributed by atoms with E-state index in [4.69, 9.17) is 0 Å². The molecular weight excluding hydrogens is 110 g/mol. The van der Waals surface area contributed by atoms with Gasteiger partial charge in [0.05, 0.1) is 5.69 Å². The first-order valence-corrected chi connectivity index (χ1v) is 3.02. The third-order valence-electron chi connectivity index (χ3n) is 1.44. The summed E-state index contributed by atoms with van der Waals surface area (Å²) in [6.07, 6.45) is 2.78. The van der Waals surface area contributed by atoms with Crippen molar-refractivity contribution >= 4 is 0 Å². The number of allylic oxidation sites excluding steroid dienone is 1. The van der Waals surface area contributed by atoms with Crippen molar-refractivity contribution in [2.45, 2.75) is 6.42 Å². The topological polar surface area (TPSA) is 12.9 Å². The molecule has 9 heavy (non-hydrogen) atoms. The number of hydrogen-bond acceptors (Lipinski definition) is 1. The van der Waals surface area contributed by atoms with Crippen LogP contribution in [0.3, 0.4) is 0 Å². The molecule has 0 aromatic rings. The van der Waals surface area contributed by atoms with E-state index in [1.54, 1.807) is 0 Å². The summed E-state index contributed by atoms with van der Waals surface area (Å²) in [5.74, 6) is 0. The van der Waals surface area contributed by atoms with E-state index in [2.05, 4.69) is 23.7 Å². The molecule has 1 nitrogen and oxygen atoms in total. The molecule has 0 saturated carbocycles. The smallest absolute Gasteiger partial charge is 0.0713 e. The van der Waals surface area contributed by atoms with Crippen LogP contribution in [0.1, 0.15) is 5.69 Å². The van der Waals surface area contributed by atoms with Gasteiger partial charge in [0.15, 0.2) is 0 Å². The van der Waals surface area contributed by atoms with Gasteiger partial charge in [-0.05, 0) is 12.1 Å². The van der Waals surface area contributed by atoms with Gasteiger partial charge in [0, 0.05) is 17.7 Å². The fraction of sp³-hybridized carbons (Fsp3) is 0.125. The quantitative estimate of drug-likeness (QED) is 0.546. The van der Waals surface area contributed by atoms with Gasteiger partial charge in [0.25, 0.3) is 0 Å². The highest BCUT2D eigenvalue weighted by molar-refractivity contribution is 5.77. The minimum Gasteiger partial charge on any atom is -0.252 e. The van der Waals surface area contributed by atoms with Gasteiger partial charge in [-0.3, -0.25) is 4.98 Å². The average molecular weight is 117 g/mol. The van der Waals surface area contributed by atoms with Crippen LogP contribution < -0.4 is 0 Å². The second-order valence-electron chi connectivity index (χ2n) is 2.23. The summed E-state index contributed by atoms with van der Waals surface area (Å²) in [5, 5.41) is 0. The summed E-state index contributed by atoms with van der Waals surface area (Å²) in [5.41, 5.74) is 3.64. The van der Waals surface area contributed by atoms with Crippen LogP contribution >= 0.6 is 0 Å². The predicted octanol–water partition coefficient (Wildman–Crippen LogP) is 1.79. The van der Waals surface area contributed by atoms with Gasteiger partial charge >= 0.3 is 0 Å². The monoisotopic (exact) mass is 117 g/mol. The van der Waals surface area contributed by atoms with Crippen LogP contribution in [-0.2, 0) is 6.42 Å². The van der Waals surface area contributed by atoms with Crippen molar-refractivity contribution in [3.63, 3.8) is 0 Å². The Morgan fingerprint density at radius 3 is 3.00 bits per heavy atom. The van der Waals surface area contributed by atoms with Crippen LogP contribution in [0, 0.1) is 0 Å². The van der Waals surface area contributed by atoms with Gasteiger partial charge < -0.3 is 0 Å². The maximum Gasteiger partial charge on any atom is 0.0713 e. The molecule has 1 heteroatoms. The van der Waals surface area contributed by atoms with E-state index in [1.165, 1.54) is 11.3 Å². The molecule has 0 N–H and O–H groups in total. The first-order valence-electron chi connectivity index (χ1n) is 3.02. The lowest BCUT2D eigenvalue weighted by atomic mass is 10.3. The van der Waals surface area contributed by atoms with Crippen molar-refractivity contribution < 1.29 is 0 Å². The maximum atomic E-state index is 4.27. The second kappa shape index (κ2) is 1.44. The van der Waals surface area contributed by atoms with E-state index in [0.717, 1.165) is 12.1 Å². The molecule has 1 aliphatic heterocycles. The predicted molar refractivity (Wildman–Crippen MR) is 37.1 cm³/mol. The van der Waals surface area contributed by atoms with Gasteiger partial charge in [0.1, 0.15) is 0 Å².